The van der Waals surface area contributed by atoms with Gasteiger partial charge in [-0.3, -0.25) is 9.78 Å². The number of esters is 1. The van der Waals surface area contributed by atoms with E-state index in [9.17, 15) is 10.1 Å². The molecule has 1 aliphatic carbocycles. The molecule has 0 aromatic carbocycles. The first-order chi connectivity index (χ1) is 15.1. The number of ether oxygens (including phenoxy) is 2. The van der Waals surface area contributed by atoms with Crippen LogP contribution in [0.5, 0.6) is 5.88 Å². The Kier molecular flexibility index (Phi) is 8.40. The molecule has 0 unspecified atom stereocenters. The first-order valence-corrected chi connectivity index (χ1v) is 11.2. The molecule has 1 aliphatic rings. The maximum absolute atomic E-state index is 11.5. The van der Waals surface area contributed by atoms with E-state index in [0.717, 1.165) is 68.2 Å². The predicted octanol–water partition coefficient (Wildman–Crippen LogP) is 5.25. The number of carbonyl (C=O) groups excluding carboxylic acids is 1. The number of carbonyl (C=O) groups is 1. The molecular formula is C25H31N3O3. The summed E-state index contributed by atoms with van der Waals surface area (Å²) in [5, 5.41) is 9.22. The molecule has 6 heteroatoms. The Morgan fingerprint density at radius 3 is 2.61 bits per heavy atom. The molecule has 6 nitrogen and oxygen atoms in total. The second kappa shape index (κ2) is 11.5. The van der Waals surface area contributed by atoms with Gasteiger partial charge in [0.25, 0.3) is 0 Å². The normalized spacial score (nSPS) is 18.2. The first kappa shape index (κ1) is 22.7. The molecule has 3 rings (SSSR count). The number of aromatic nitrogens is 2. The van der Waals surface area contributed by atoms with Crippen LogP contribution in [0.25, 0.3) is 11.3 Å². The average Bonchev–Trinajstić information content (AvgIpc) is 2.81. The van der Waals surface area contributed by atoms with Crippen LogP contribution in [0.3, 0.4) is 0 Å². The molecule has 0 aliphatic heterocycles. The summed E-state index contributed by atoms with van der Waals surface area (Å²) in [5.74, 6) is 0.865. The lowest BCUT2D eigenvalue weighted by molar-refractivity contribution is -0.142. The van der Waals surface area contributed by atoms with Gasteiger partial charge in [-0.1, -0.05) is 19.8 Å². The first-order valence-electron chi connectivity index (χ1n) is 11.2. The second-order valence-corrected chi connectivity index (χ2v) is 8.23. The van der Waals surface area contributed by atoms with E-state index in [1.807, 2.05) is 18.2 Å². The van der Waals surface area contributed by atoms with E-state index in [-0.39, 0.29) is 12.1 Å². The van der Waals surface area contributed by atoms with Crippen molar-refractivity contribution >= 4 is 5.97 Å². The molecule has 2 aromatic heterocycles. The summed E-state index contributed by atoms with van der Waals surface area (Å²) in [6.07, 6.45) is 12.1. The van der Waals surface area contributed by atoms with Gasteiger partial charge >= 0.3 is 5.97 Å². The SMILES string of the molecule is CCCCCc1cc(C#N)cnc1-c1ccc(OC2CCC(CC(=O)OC)CC2)nc1. The number of methoxy groups -OCH3 is 1. The fourth-order valence-electron chi connectivity index (χ4n) is 4.12. The molecule has 0 bridgehead atoms. The van der Waals surface area contributed by atoms with E-state index in [1.165, 1.54) is 7.11 Å². The van der Waals surface area contributed by atoms with Crippen LogP contribution >= 0.6 is 0 Å². The van der Waals surface area contributed by atoms with Gasteiger partial charge in [0, 0.05) is 30.4 Å². The summed E-state index contributed by atoms with van der Waals surface area (Å²) in [4.78, 5) is 20.5. The Hall–Kier alpha value is -2.94. The molecule has 0 amide bonds. The van der Waals surface area contributed by atoms with Crippen LogP contribution in [0.2, 0.25) is 0 Å². The molecule has 0 atom stereocenters. The molecule has 31 heavy (non-hydrogen) atoms. The molecule has 1 fully saturated rings. The summed E-state index contributed by atoms with van der Waals surface area (Å²) in [7, 11) is 1.44. The monoisotopic (exact) mass is 421 g/mol. The van der Waals surface area contributed by atoms with Crippen molar-refractivity contribution in [1.29, 1.82) is 5.26 Å². The fraction of sp³-hybridized carbons (Fsp3) is 0.520. The van der Waals surface area contributed by atoms with Gasteiger partial charge in [-0.15, -0.1) is 0 Å². The molecule has 0 radical (unpaired) electrons. The highest BCUT2D eigenvalue weighted by molar-refractivity contribution is 5.69. The lowest BCUT2D eigenvalue weighted by Crippen LogP contribution is -2.25. The average molecular weight is 422 g/mol. The number of rotatable bonds is 9. The van der Waals surface area contributed by atoms with E-state index < -0.39 is 0 Å². The highest BCUT2D eigenvalue weighted by atomic mass is 16.5. The van der Waals surface area contributed by atoms with Crippen LogP contribution < -0.4 is 4.74 Å². The van der Waals surface area contributed by atoms with Gasteiger partial charge in [0.05, 0.1) is 18.4 Å². The van der Waals surface area contributed by atoms with Gasteiger partial charge in [0.2, 0.25) is 5.88 Å². The molecule has 2 heterocycles. The topological polar surface area (TPSA) is 85.1 Å². The van der Waals surface area contributed by atoms with Gasteiger partial charge in [-0.25, -0.2) is 4.98 Å². The maximum Gasteiger partial charge on any atom is 0.305 e. The molecule has 1 saturated carbocycles. The molecular weight excluding hydrogens is 390 g/mol. The molecule has 0 spiro atoms. The smallest absolute Gasteiger partial charge is 0.305 e. The van der Waals surface area contributed by atoms with Crippen molar-refractivity contribution in [3.63, 3.8) is 0 Å². The van der Waals surface area contributed by atoms with Gasteiger partial charge in [-0.05, 0) is 62.1 Å². The Morgan fingerprint density at radius 2 is 1.97 bits per heavy atom. The second-order valence-electron chi connectivity index (χ2n) is 8.23. The highest BCUT2D eigenvalue weighted by Gasteiger charge is 2.24. The zero-order valence-electron chi connectivity index (χ0n) is 18.5. The van der Waals surface area contributed by atoms with Gasteiger partial charge < -0.3 is 9.47 Å². The number of hydrogen-bond acceptors (Lipinski definition) is 6. The van der Waals surface area contributed by atoms with E-state index in [0.29, 0.717) is 23.8 Å². The van der Waals surface area contributed by atoms with Crippen molar-refractivity contribution in [2.24, 2.45) is 5.92 Å². The van der Waals surface area contributed by atoms with Crippen molar-refractivity contribution in [2.45, 2.75) is 70.8 Å². The Bertz CT molecular complexity index is 897. The van der Waals surface area contributed by atoms with Crippen molar-refractivity contribution < 1.29 is 14.3 Å². The van der Waals surface area contributed by atoms with E-state index in [1.54, 1.807) is 12.4 Å². The van der Waals surface area contributed by atoms with Crippen LogP contribution in [-0.2, 0) is 16.0 Å². The lowest BCUT2D eigenvalue weighted by Gasteiger charge is -2.28. The summed E-state index contributed by atoms with van der Waals surface area (Å²) in [6, 6.07) is 8.01. The number of nitriles is 1. The van der Waals surface area contributed by atoms with Crippen molar-refractivity contribution in [2.75, 3.05) is 7.11 Å². The van der Waals surface area contributed by atoms with Crippen molar-refractivity contribution in [3.8, 4) is 23.2 Å². The number of pyridine rings is 2. The molecule has 2 aromatic rings. The van der Waals surface area contributed by atoms with E-state index >= 15 is 0 Å². The fourth-order valence-corrected chi connectivity index (χ4v) is 4.12. The zero-order valence-corrected chi connectivity index (χ0v) is 18.5. The number of aryl methyl sites for hydroxylation is 1. The van der Waals surface area contributed by atoms with Crippen LogP contribution in [0, 0.1) is 17.2 Å². The third-order valence-corrected chi connectivity index (χ3v) is 5.92. The lowest BCUT2D eigenvalue weighted by atomic mass is 9.85. The minimum absolute atomic E-state index is 0.130. The number of nitrogens with zero attached hydrogens (tertiary/aromatic N) is 3. The number of hydrogen-bond donors (Lipinski definition) is 0. The van der Waals surface area contributed by atoms with Crippen LogP contribution in [0.4, 0.5) is 0 Å². The van der Waals surface area contributed by atoms with E-state index in [2.05, 4.69) is 23.0 Å². The zero-order chi connectivity index (χ0) is 22.1. The Labute approximate surface area is 184 Å². The van der Waals surface area contributed by atoms with Crippen LogP contribution in [-0.4, -0.2) is 29.2 Å². The summed E-state index contributed by atoms with van der Waals surface area (Å²) < 4.78 is 10.9. The molecule has 164 valence electrons. The Balaban J connectivity index is 1.62. The standard InChI is InChI=1S/C25H31N3O3/c1-3-4-5-6-20-13-19(15-26)16-28-25(20)21-9-12-23(27-17-21)31-22-10-7-18(8-11-22)14-24(29)30-2/h9,12-13,16-18,22H,3-8,10-11,14H2,1-2H3. The van der Waals surface area contributed by atoms with E-state index in [4.69, 9.17) is 9.47 Å². The summed E-state index contributed by atoms with van der Waals surface area (Å²) >= 11 is 0. The third kappa shape index (κ3) is 6.52. The quantitative estimate of drug-likeness (QED) is 0.406. The minimum Gasteiger partial charge on any atom is -0.474 e. The Morgan fingerprint density at radius 1 is 1.16 bits per heavy atom. The summed E-state index contributed by atoms with van der Waals surface area (Å²) in [6.45, 7) is 2.18. The van der Waals surface area contributed by atoms with Gasteiger partial charge in [0.1, 0.15) is 12.2 Å². The maximum atomic E-state index is 11.5. The van der Waals surface area contributed by atoms with Crippen molar-refractivity contribution in [3.05, 3.63) is 41.7 Å². The molecule has 0 N–H and O–H groups in total. The highest BCUT2D eigenvalue weighted by Crippen LogP contribution is 2.30. The third-order valence-electron chi connectivity index (χ3n) is 5.92. The number of unbranched alkanes of at least 4 members (excludes halogenated alkanes) is 2. The van der Waals surface area contributed by atoms with Crippen molar-refractivity contribution in [1.82, 2.24) is 9.97 Å². The van der Waals surface area contributed by atoms with Crippen LogP contribution in [0.15, 0.2) is 30.6 Å². The van der Waals surface area contributed by atoms with Gasteiger partial charge in [-0.2, -0.15) is 5.26 Å². The van der Waals surface area contributed by atoms with Gasteiger partial charge in [0.15, 0.2) is 0 Å². The summed E-state index contributed by atoms with van der Waals surface area (Å²) in [5.41, 5.74) is 3.50. The molecule has 0 saturated heterocycles. The predicted molar refractivity (Wildman–Crippen MR) is 118 cm³/mol. The minimum atomic E-state index is -0.132. The van der Waals surface area contributed by atoms with Crippen LogP contribution in [0.1, 0.15) is 69.4 Å². The largest absolute Gasteiger partial charge is 0.474 e.